The van der Waals surface area contributed by atoms with Gasteiger partial charge in [0, 0.05) is 31.1 Å². The van der Waals surface area contributed by atoms with Gasteiger partial charge in [0.15, 0.2) is 5.89 Å². The van der Waals surface area contributed by atoms with Crippen molar-refractivity contribution in [1.82, 2.24) is 15.0 Å². The Bertz CT molecular complexity index is 931. The lowest BCUT2D eigenvalue weighted by molar-refractivity contribution is 0.278. The fourth-order valence-corrected chi connectivity index (χ4v) is 3.56. The van der Waals surface area contributed by atoms with Crippen LogP contribution >= 0.6 is 0 Å². The van der Waals surface area contributed by atoms with Crippen LogP contribution in [-0.2, 0) is 11.8 Å². The molecule has 0 atom stereocenters. The summed E-state index contributed by atoms with van der Waals surface area (Å²) in [5.74, 6) is 2.98. The molecule has 0 bridgehead atoms. The van der Waals surface area contributed by atoms with Gasteiger partial charge in [-0.3, -0.25) is 0 Å². The maximum absolute atomic E-state index is 13.9. The number of piperidine rings is 1. The quantitative estimate of drug-likeness (QED) is 0.697. The van der Waals surface area contributed by atoms with E-state index in [1.54, 1.807) is 24.5 Å². The summed E-state index contributed by atoms with van der Waals surface area (Å²) in [6.45, 7) is 5.87. The molecule has 5 nitrogen and oxygen atoms in total. The first-order valence-corrected chi connectivity index (χ1v) is 9.27. The maximum Gasteiger partial charge on any atom is 0.200 e. The van der Waals surface area contributed by atoms with Crippen LogP contribution in [0.3, 0.4) is 0 Å². The molecule has 0 aliphatic carbocycles. The van der Waals surface area contributed by atoms with Crippen molar-refractivity contribution in [3.05, 3.63) is 71.6 Å². The molecule has 1 aliphatic rings. The van der Waals surface area contributed by atoms with Crippen LogP contribution in [0.25, 0.3) is 0 Å². The van der Waals surface area contributed by atoms with Gasteiger partial charge in [0.05, 0.1) is 6.20 Å². The van der Waals surface area contributed by atoms with Gasteiger partial charge in [-0.1, -0.05) is 25.1 Å². The Morgan fingerprint density at radius 1 is 1.15 bits per heavy atom. The molecule has 0 unspecified atom stereocenters. The van der Waals surface area contributed by atoms with Crippen molar-refractivity contribution in [2.45, 2.75) is 38.5 Å². The molecule has 3 aromatic rings. The molecule has 4 rings (SSSR count). The minimum absolute atomic E-state index is 0.119. The molecule has 1 aromatic carbocycles. The van der Waals surface area contributed by atoms with Gasteiger partial charge in [-0.25, -0.2) is 19.3 Å². The average Bonchev–Trinajstić information content (AvgIpc) is 3.14. The number of anilines is 1. The zero-order valence-electron chi connectivity index (χ0n) is 15.7. The first-order valence-electron chi connectivity index (χ1n) is 9.27. The summed E-state index contributed by atoms with van der Waals surface area (Å²) >= 11 is 0. The Hall–Kier alpha value is -2.76. The highest BCUT2D eigenvalue weighted by Crippen LogP contribution is 2.36. The molecule has 0 spiro atoms. The van der Waals surface area contributed by atoms with Gasteiger partial charge in [0.25, 0.3) is 0 Å². The SMILES string of the molecule is Cc1nccc(N2CCC(C)(c3ncc(Cc4ccccc4F)o3)CC2)n1. The summed E-state index contributed by atoms with van der Waals surface area (Å²) in [7, 11) is 0. The Labute approximate surface area is 158 Å². The van der Waals surface area contributed by atoms with E-state index >= 15 is 0 Å². The third-order valence-electron chi connectivity index (χ3n) is 5.34. The van der Waals surface area contributed by atoms with Crippen molar-refractivity contribution < 1.29 is 8.81 Å². The van der Waals surface area contributed by atoms with Crippen molar-refractivity contribution in [2.24, 2.45) is 0 Å². The van der Waals surface area contributed by atoms with Crippen LogP contribution in [-0.4, -0.2) is 28.0 Å². The van der Waals surface area contributed by atoms with Crippen molar-refractivity contribution in [2.75, 3.05) is 18.0 Å². The molecule has 3 heterocycles. The zero-order chi connectivity index (χ0) is 18.9. The van der Waals surface area contributed by atoms with Crippen molar-refractivity contribution in [3.63, 3.8) is 0 Å². The largest absolute Gasteiger partial charge is 0.445 e. The molecular weight excluding hydrogens is 343 g/mol. The van der Waals surface area contributed by atoms with Gasteiger partial charge in [0.2, 0.25) is 0 Å². The maximum atomic E-state index is 13.9. The molecule has 1 saturated heterocycles. The van der Waals surface area contributed by atoms with Crippen molar-refractivity contribution in [3.8, 4) is 0 Å². The Kier molecular flexibility index (Phi) is 4.64. The van der Waals surface area contributed by atoms with E-state index in [1.165, 1.54) is 6.07 Å². The number of aromatic nitrogens is 3. The molecular formula is C21H23FN4O. The number of halogens is 1. The van der Waals surface area contributed by atoms with E-state index in [9.17, 15) is 4.39 Å². The Balaban J connectivity index is 1.45. The lowest BCUT2D eigenvalue weighted by atomic mass is 9.80. The van der Waals surface area contributed by atoms with Crippen LogP contribution in [0.1, 0.15) is 42.8 Å². The molecule has 2 aromatic heterocycles. The van der Waals surface area contributed by atoms with Crippen molar-refractivity contribution in [1.29, 1.82) is 0 Å². The van der Waals surface area contributed by atoms with E-state index in [0.717, 1.165) is 43.5 Å². The van der Waals surface area contributed by atoms with E-state index in [2.05, 4.69) is 26.8 Å². The summed E-state index contributed by atoms with van der Waals surface area (Å²) in [4.78, 5) is 15.5. The smallest absolute Gasteiger partial charge is 0.200 e. The number of nitrogens with zero attached hydrogens (tertiary/aromatic N) is 4. The number of hydrogen-bond acceptors (Lipinski definition) is 5. The van der Waals surface area contributed by atoms with Crippen LogP contribution in [0.5, 0.6) is 0 Å². The topological polar surface area (TPSA) is 55.1 Å². The highest BCUT2D eigenvalue weighted by Gasteiger charge is 2.36. The lowest BCUT2D eigenvalue weighted by Crippen LogP contribution is -2.41. The second-order valence-corrected chi connectivity index (χ2v) is 7.41. The van der Waals surface area contributed by atoms with E-state index in [0.29, 0.717) is 17.7 Å². The zero-order valence-corrected chi connectivity index (χ0v) is 15.7. The molecule has 0 N–H and O–H groups in total. The number of benzene rings is 1. The molecule has 140 valence electrons. The molecule has 0 saturated carbocycles. The van der Waals surface area contributed by atoms with Gasteiger partial charge in [0.1, 0.15) is 23.2 Å². The van der Waals surface area contributed by atoms with E-state index in [1.807, 2.05) is 19.1 Å². The predicted molar refractivity (Wildman–Crippen MR) is 101 cm³/mol. The number of oxazole rings is 1. The molecule has 1 aliphatic heterocycles. The second kappa shape index (κ2) is 7.10. The standard InChI is InChI=1S/C21H23FN4O/c1-15-23-10-7-19(25-15)26-11-8-21(2,9-12-26)20-24-14-17(27-20)13-16-5-3-4-6-18(16)22/h3-7,10,14H,8-9,11-13H2,1-2H3. The lowest BCUT2D eigenvalue weighted by Gasteiger charge is -2.37. The molecule has 0 amide bonds. The van der Waals surface area contributed by atoms with Gasteiger partial charge in [-0.2, -0.15) is 0 Å². The summed E-state index contributed by atoms with van der Waals surface area (Å²) < 4.78 is 19.9. The fourth-order valence-electron chi connectivity index (χ4n) is 3.56. The molecule has 27 heavy (non-hydrogen) atoms. The highest BCUT2D eigenvalue weighted by molar-refractivity contribution is 5.38. The first kappa shape index (κ1) is 17.6. The monoisotopic (exact) mass is 366 g/mol. The van der Waals surface area contributed by atoms with Gasteiger partial charge < -0.3 is 9.32 Å². The van der Waals surface area contributed by atoms with Gasteiger partial charge in [-0.05, 0) is 37.5 Å². The molecule has 1 fully saturated rings. The van der Waals surface area contributed by atoms with E-state index in [-0.39, 0.29) is 11.2 Å². The van der Waals surface area contributed by atoms with Crippen LogP contribution in [0.15, 0.2) is 47.1 Å². The highest BCUT2D eigenvalue weighted by atomic mass is 19.1. The third-order valence-corrected chi connectivity index (χ3v) is 5.34. The summed E-state index contributed by atoms with van der Waals surface area (Å²) in [6.07, 6.45) is 5.80. The van der Waals surface area contributed by atoms with Crippen molar-refractivity contribution >= 4 is 5.82 Å². The van der Waals surface area contributed by atoms with Crippen LogP contribution < -0.4 is 4.90 Å². The third kappa shape index (κ3) is 3.70. The minimum Gasteiger partial charge on any atom is -0.445 e. The van der Waals surface area contributed by atoms with Crippen LogP contribution in [0.2, 0.25) is 0 Å². The summed E-state index contributed by atoms with van der Waals surface area (Å²) in [5.41, 5.74) is 0.505. The van der Waals surface area contributed by atoms with Crippen LogP contribution in [0, 0.1) is 12.7 Å². The Morgan fingerprint density at radius 3 is 2.67 bits per heavy atom. The second-order valence-electron chi connectivity index (χ2n) is 7.41. The van der Waals surface area contributed by atoms with E-state index in [4.69, 9.17) is 4.42 Å². The number of rotatable bonds is 4. The minimum atomic E-state index is -0.213. The fraction of sp³-hybridized carbons (Fsp3) is 0.381. The molecule has 6 heteroatoms. The molecule has 0 radical (unpaired) electrons. The summed E-state index contributed by atoms with van der Waals surface area (Å²) in [5, 5.41) is 0. The first-order chi connectivity index (χ1) is 13.0. The summed E-state index contributed by atoms with van der Waals surface area (Å²) in [6, 6.07) is 8.73. The average molecular weight is 366 g/mol. The normalized spacial score (nSPS) is 16.5. The number of hydrogen-bond donors (Lipinski definition) is 0. The van der Waals surface area contributed by atoms with Gasteiger partial charge >= 0.3 is 0 Å². The van der Waals surface area contributed by atoms with Crippen LogP contribution in [0.4, 0.5) is 10.2 Å². The van der Waals surface area contributed by atoms with E-state index < -0.39 is 0 Å². The number of aryl methyl sites for hydroxylation is 1. The predicted octanol–water partition coefficient (Wildman–Crippen LogP) is 4.06. The Morgan fingerprint density at radius 2 is 1.93 bits per heavy atom. The van der Waals surface area contributed by atoms with Gasteiger partial charge in [-0.15, -0.1) is 0 Å².